The number of nitrogens with zero attached hydrogens (tertiary/aromatic N) is 4. The number of imidazole rings is 1. The Hall–Kier alpha value is -9.96. The highest BCUT2D eigenvalue weighted by molar-refractivity contribution is 7.98. The van der Waals surface area contributed by atoms with Crippen LogP contribution in [0.25, 0.3) is 0 Å². The van der Waals surface area contributed by atoms with Crippen molar-refractivity contribution in [3.05, 3.63) is 190 Å². The van der Waals surface area contributed by atoms with E-state index in [1.807, 2.05) is 63.2 Å². The number of aryl methyl sites for hydroxylation is 3. The summed E-state index contributed by atoms with van der Waals surface area (Å²) in [4.78, 5) is 144. The van der Waals surface area contributed by atoms with Gasteiger partial charge in [-0.25, -0.2) is 27.7 Å². The number of alkyl carbamates (subject to hydrolysis) is 1. The topological polar surface area (TPSA) is 416 Å². The fourth-order valence-electron chi connectivity index (χ4n) is 12.4. The molecule has 0 bridgehead atoms. The molecule has 6 aromatic rings. The molecule has 618 valence electrons. The molecule has 2 heterocycles. The van der Waals surface area contributed by atoms with Gasteiger partial charge in [-0.1, -0.05) is 159 Å². The summed E-state index contributed by atoms with van der Waals surface area (Å²) in [6.45, 7) is 9.51. The lowest BCUT2D eigenvalue weighted by molar-refractivity contribution is -0.197. The monoisotopic (exact) mass is 1630 g/mol. The molecule has 5 aromatic carbocycles. The summed E-state index contributed by atoms with van der Waals surface area (Å²) in [7, 11) is -4.09. The molecule has 30 nitrogen and oxygen atoms in total. The third kappa shape index (κ3) is 32.5. The number of sulfonamides is 1. The summed E-state index contributed by atoms with van der Waals surface area (Å²) >= 11 is 7.63. The van der Waals surface area contributed by atoms with Gasteiger partial charge >= 0.3 is 18.0 Å². The molecule has 1 fully saturated rings. The molecule has 7 rings (SSSR count). The molecule has 114 heavy (non-hydrogen) atoms. The van der Waals surface area contributed by atoms with E-state index in [-0.39, 0.29) is 127 Å². The zero-order valence-corrected chi connectivity index (χ0v) is 67.9. The summed E-state index contributed by atoms with van der Waals surface area (Å²) < 4.78 is 53.7. The van der Waals surface area contributed by atoms with Gasteiger partial charge < -0.3 is 77.0 Å². The molecule has 7 amide bonds. The Morgan fingerprint density at radius 2 is 1.17 bits per heavy atom. The molecule has 7 atom stereocenters. The number of amides is 7. The van der Waals surface area contributed by atoms with Gasteiger partial charge in [-0.3, -0.25) is 38.6 Å². The van der Waals surface area contributed by atoms with E-state index in [9.17, 15) is 37.2 Å². The van der Waals surface area contributed by atoms with E-state index in [0.29, 0.717) is 51.8 Å². The Morgan fingerprint density at radius 3 is 1.80 bits per heavy atom. The fraction of sp³-hybridized carbons (Fsp3) is 0.469. The van der Waals surface area contributed by atoms with Crippen molar-refractivity contribution in [1.29, 1.82) is 0 Å². The second kappa shape index (κ2) is 48.3. The van der Waals surface area contributed by atoms with Crippen LogP contribution >= 0.6 is 23.4 Å². The third-order valence-electron chi connectivity index (χ3n) is 18.3. The summed E-state index contributed by atoms with van der Waals surface area (Å²) in [6, 6.07) is 28.1. The number of ether oxygens (including phenoxy) is 4. The Bertz CT molecular complexity index is 4210. The van der Waals surface area contributed by atoms with E-state index in [4.69, 9.17) is 46.9 Å². The lowest BCUT2D eigenvalue weighted by Crippen LogP contribution is -2.61. The standard InChI is InChI=1S/C81H109ClN14O16S2/c1-54(2)42-68(91-73(98)64(83)32-23-38-85-80(84)94-114(106,107)72-56(4)43-55(3)44-57(72)5)76(101)92-69(45-62-46-95(52-87-62)53-109-48-59-26-13-8-14-27-59)77(102)93-70(51-108-47-58-24-11-7-12-25-58)78(103)89-66(36-41-113-6)75(100)88-65(33-19-20-37-86-81(105)111-50-61-30-17-18-31-63(61)82)74(99)90-67(79(104)112-96-39-21-10-22-40-96)34-35-71(97)110-49-60-28-15-9-16-29-60/h7-9,11-18,24-31,43-44,46,52,54,64-70H,10,19-23,32-42,45,47-51,53,83H2,1-6H3,(H,86,105)(H,88,100)(H,89,103)(H,90,99)(H,91,98)(H,92,101)(H,93,102)(H3,84,85,94)/t64-,65-,66-,67-,68-,69-,70-/m0/s1. The van der Waals surface area contributed by atoms with Crippen molar-refractivity contribution in [3.63, 3.8) is 0 Å². The maximum absolute atomic E-state index is 15.2. The molecule has 0 spiro atoms. The van der Waals surface area contributed by atoms with Crippen LogP contribution in [0.4, 0.5) is 4.79 Å². The number of guanidine groups is 1. The van der Waals surface area contributed by atoms with Crippen molar-refractivity contribution in [1.82, 2.24) is 56.6 Å². The average molecular weight is 1630 g/mol. The van der Waals surface area contributed by atoms with E-state index >= 15 is 14.4 Å². The summed E-state index contributed by atoms with van der Waals surface area (Å²) in [5.74, 6) is -6.75. The number of aromatic nitrogens is 2. The number of hydrogen-bond acceptors (Lipinski definition) is 21. The number of thioether (sulfide) groups is 1. The van der Waals surface area contributed by atoms with E-state index in [2.05, 4.69) is 51.9 Å². The first-order chi connectivity index (χ1) is 54.7. The molecular weight excluding hydrogens is 1520 g/mol. The molecule has 1 aliphatic heterocycles. The van der Waals surface area contributed by atoms with Crippen molar-refractivity contribution in [2.45, 2.75) is 198 Å². The van der Waals surface area contributed by atoms with Gasteiger partial charge in [-0.2, -0.15) is 11.8 Å². The SMILES string of the molecule is CSCC[C@H](NC(=O)[C@H](COCc1ccccc1)NC(=O)[C@H](Cc1cn(COCc2ccccc2)cn1)NC(=O)[C@H](CC(C)C)NC(=O)[C@@H](N)CCCN=C(N)NS(=O)(=O)c1c(C)cc(C)cc1C)C(=O)N[C@@H](CCCCNC(=O)OCc1ccccc1Cl)C(=O)N[C@@H](CCC(=O)OCc1ccccc1)C(=O)ON1CCCCC1. The Morgan fingerprint density at radius 1 is 0.614 bits per heavy atom. The molecule has 1 saturated heterocycles. The highest BCUT2D eigenvalue weighted by Gasteiger charge is 2.36. The Balaban J connectivity index is 1.11. The molecule has 0 unspecified atom stereocenters. The predicted molar refractivity (Wildman–Crippen MR) is 432 cm³/mol. The van der Waals surface area contributed by atoms with Crippen molar-refractivity contribution >= 4 is 92.8 Å². The van der Waals surface area contributed by atoms with Gasteiger partial charge in [0.2, 0.25) is 41.4 Å². The number of hydrogen-bond donors (Lipinski definition) is 10. The van der Waals surface area contributed by atoms with E-state index in [1.165, 1.54) is 23.2 Å². The van der Waals surface area contributed by atoms with Gasteiger partial charge in [0, 0.05) is 55.8 Å². The van der Waals surface area contributed by atoms with Crippen molar-refractivity contribution in [2.24, 2.45) is 22.4 Å². The first kappa shape index (κ1) is 91.2. The largest absolute Gasteiger partial charge is 0.461 e. The molecule has 1 aliphatic rings. The van der Waals surface area contributed by atoms with E-state index in [1.54, 1.807) is 116 Å². The number of aliphatic imine (C=N–C) groups is 1. The number of halogens is 1. The van der Waals surface area contributed by atoms with Crippen LogP contribution in [0.2, 0.25) is 5.02 Å². The summed E-state index contributed by atoms with van der Waals surface area (Å²) in [6.07, 6.45) is 6.45. The third-order valence-corrected chi connectivity index (χ3v) is 20.9. The highest BCUT2D eigenvalue weighted by Crippen LogP contribution is 2.23. The van der Waals surface area contributed by atoms with Gasteiger partial charge in [-0.15, -0.1) is 5.06 Å². The number of benzene rings is 5. The van der Waals surface area contributed by atoms with E-state index < -0.39 is 112 Å². The van der Waals surface area contributed by atoms with Crippen LogP contribution in [-0.2, 0) is 112 Å². The number of rotatable bonds is 47. The zero-order chi connectivity index (χ0) is 82.4. The van der Waals surface area contributed by atoms with E-state index in [0.717, 1.165) is 36.0 Å². The first-order valence-electron chi connectivity index (χ1n) is 38.3. The normalized spacial score (nSPS) is 14.3. The minimum Gasteiger partial charge on any atom is -0.461 e. The predicted octanol–water partition coefficient (Wildman–Crippen LogP) is 7.07. The number of nitrogens with one attached hydrogen (secondary N) is 8. The molecular formula is C81H109ClN14O16S2. The van der Waals surface area contributed by atoms with Gasteiger partial charge in [0.15, 0.2) is 0 Å². The van der Waals surface area contributed by atoms with Crippen LogP contribution in [-0.4, -0.2) is 170 Å². The van der Waals surface area contributed by atoms with Gasteiger partial charge in [0.05, 0.1) is 42.8 Å². The maximum Gasteiger partial charge on any atom is 0.407 e. The number of carbonyl (C=O) groups excluding carboxylic acids is 9. The zero-order valence-electron chi connectivity index (χ0n) is 65.5. The van der Waals surface area contributed by atoms with Crippen LogP contribution < -0.4 is 53.4 Å². The quantitative estimate of drug-likeness (QED) is 0.00790. The second-order valence-electron chi connectivity index (χ2n) is 28.3. The van der Waals surface area contributed by atoms with Crippen LogP contribution in [0.3, 0.4) is 0 Å². The van der Waals surface area contributed by atoms with Crippen molar-refractivity contribution in [3.8, 4) is 0 Å². The minimum absolute atomic E-state index is 0.0151. The minimum atomic E-state index is -4.09. The van der Waals surface area contributed by atoms with Crippen LogP contribution in [0.1, 0.15) is 136 Å². The summed E-state index contributed by atoms with van der Waals surface area (Å²) in [5, 5.41) is 21.3. The second-order valence-corrected chi connectivity index (χ2v) is 31.4. The average Bonchev–Trinajstić information content (AvgIpc) is 0.889. The number of hydroxylamine groups is 2. The lowest BCUT2D eigenvalue weighted by Gasteiger charge is -2.29. The Labute approximate surface area is 676 Å². The van der Waals surface area contributed by atoms with Gasteiger partial charge in [0.1, 0.15) is 56.2 Å². The van der Waals surface area contributed by atoms with Gasteiger partial charge in [0.25, 0.3) is 10.0 Å². The number of carbonyl (C=O) groups is 9. The molecule has 1 aromatic heterocycles. The van der Waals surface area contributed by atoms with Crippen molar-refractivity contribution in [2.75, 3.05) is 44.8 Å². The van der Waals surface area contributed by atoms with Crippen LogP contribution in [0.5, 0.6) is 0 Å². The molecule has 33 heteroatoms. The van der Waals surface area contributed by atoms with Crippen molar-refractivity contribution < 1.29 is 75.4 Å². The fourth-order valence-corrected chi connectivity index (χ4v) is 14.5. The molecule has 0 saturated carbocycles. The lowest BCUT2D eigenvalue weighted by atomic mass is 10.0. The Kier molecular flexibility index (Phi) is 38.6. The molecule has 0 aliphatic carbocycles. The summed E-state index contributed by atoms with van der Waals surface area (Å²) in [5.41, 5.74) is 17.7. The van der Waals surface area contributed by atoms with Gasteiger partial charge in [-0.05, 0) is 137 Å². The number of piperidine rings is 1. The maximum atomic E-state index is 15.2. The highest BCUT2D eigenvalue weighted by atomic mass is 35.5. The number of unbranched alkanes of at least 4 members (excludes halogenated alkanes) is 1. The smallest absolute Gasteiger partial charge is 0.407 e. The number of esters is 1. The van der Waals surface area contributed by atoms with Crippen LogP contribution in [0.15, 0.2) is 150 Å². The number of nitrogens with two attached hydrogens (primary N) is 2. The first-order valence-corrected chi connectivity index (χ1v) is 41.5. The molecule has 12 N–H and O–H groups in total. The molecule has 0 radical (unpaired) electrons. The van der Waals surface area contributed by atoms with Crippen LogP contribution in [0, 0.1) is 26.7 Å².